The second kappa shape index (κ2) is 5.72. The molecule has 17 heavy (non-hydrogen) atoms. The lowest BCUT2D eigenvalue weighted by molar-refractivity contribution is -0.141. The van der Waals surface area contributed by atoms with Gasteiger partial charge >= 0.3 is 5.97 Å². The molecule has 0 bridgehead atoms. The van der Waals surface area contributed by atoms with Crippen molar-refractivity contribution in [1.29, 1.82) is 0 Å². The van der Waals surface area contributed by atoms with Crippen LogP contribution < -0.4 is 0 Å². The van der Waals surface area contributed by atoms with Gasteiger partial charge in [0.15, 0.2) is 11.6 Å². The number of esters is 1. The Hall–Kier alpha value is -1.49. The van der Waals surface area contributed by atoms with Crippen molar-refractivity contribution >= 4 is 5.97 Å². The van der Waals surface area contributed by atoms with Crippen molar-refractivity contribution in [2.24, 2.45) is 0 Å². The van der Waals surface area contributed by atoms with E-state index in [0.29, 0.717) is 5.56 Å². The van der Waals surface area contributed by atoms with E-state index < -0.39 is 17.6 Å². The molecule has 1 atom stereocenters. The highest BCUT2D eigenvalue weighted by atomic mass is 19.2. The summed E-state index contributed by atoms with van der Waals surface area (Å²) in [6.07, 6.45) is 0.0918. The fourth-order valence-electron chi connectivity index (χ4n) is 1.56. The van der Waals surface area contributed by atoms with E-state index in [1.807, 2.05) is 0 Å². The first kappa shape index (κ1) is 13.6. The summed E-state index contributed by atoms with van der Waals surface area (Å²) in [5, 5.41) is 0. The maximum absolute atomic E-state index is 13.1. The molecule has 0 fully saturated rings. The zero-order chi connectivity index (χ0) is 13.0. The van der Waals surface area contributed by atoms with E-state index in [2.05, 4.69) is 4.74 Å². The molecule has 0 spiro atoms. The molecule has 0 aliphatic heterocycles. The van der Waals surface area contributed by atoms with Gasteiger partial charge in [0.25, 0.3) is 0 Å². The minimum Gasteiger partial charge on any atom is -0.469 e. The van der Waals surface area contributed by atoms with Gasteiger partial charge in [0.1, 0.15) is 0 Å². The average Bonchev–Trinajstić information content (AvgIpc) is 2.29. The summed E-state index contributed by atoms with van der Waals surface area (Å²) in [6.45, 7) is 0. The van der Waals surface area contributed by atoms with Crippen LogP contribution >= 0.6 is 0 Å². The van der Waals surface area contributed by atoms with E-state index in [4.69, 9.17) is 0 Å². The lowest BCUT2D eigenvalue weighted by Crippen LogP contribution is -2.23. The van der Waals surface area contributed by atoms with E-state index >= 15 is 0 Å². The summed E-state index contributed by atoms with van der Waals surface area (Å²) in [7, 11) is 4.81. The Morgan fingerprint density at radius 3 is 2.47 bits per heavy atom. The molecule has 0 N–H and O–H groups in total. The minimum atomic E-state index is -0.917. The predicted molar refractivity (Wildman–Crippen MR) is 59.4 cm³/mol. The molecule has 1 aromatic carbocycles. The lowest BCUT2D eigenvalue weighted by Gasteiger charge is -2.23. The van der Waals surface area contributed by atoms with Crippen LogP contribution in [0.1, 0.15) is 18.0 Å². The van der Waals surface area contributed by atoms with Crippen LogP contribution in [0.4, 0.5) is 8.78 Å². The molecule has 0 aliphatic carbocycles. The largest absolute Gasteiger partial charge is 0.469 e. The van der Waals surface area contributed by atoms with E-state index in [9.17, 15) is 13.6 Å². The molecule has 0 saturated heterocycles. The van der Waals surface area contributed by atoms with Gasteiger partial charge in [-0.25, -0.2) is 8.78 Å². The number of halogens is 2. The zero-order valence-electron chi connectivity index (χ0n) is 10.0. The summed E-state index contributed by atoms with van der Waals surface area (Å²) in [5.74, 6) is -2.21. The molecule has 0 radical (unpaired) electrons. The van der Waals surface area contributed by atoms with Gasteiger partial charge < -0.3 is 9.64 Å². The molecule has 0 aliphatic rings. The topological polar surface area (TPSA) is 29.5 Å². The van der Waals surface area contributed by atoms with Crippen molar-refractivity contribution in [3.05, 3.63) is 35.4 Å². The first-order chi connectivity index (χ1) is 7.95. The third-order valence-electron chi connectivity index (χ3n) is 2.54. The Balaban J connectivity index is 2.97. The van der Waals surface area contributed by atoms with Crippen LogP contribution in [0.25, 0.3) is 0 Å². The molecule has 94 valence electrons. The van der Waals surface area contributed by atoms with Crippen molar-refractivity contribution < 1.29 is 18.3 Å². The second-order valence-electron chi connectivity index (χ2n) is 3.93. The lowest BCUT2D eigenvalue weighted by atomic mass is 10.0. The van der Waals surface area contributed by atoms with Crippen molar-refractivity contribution in [3.63, 3.8) is 0 Å². The number of benzene rings is 1. The number of hydrogen-bond acceptors (Lipinski definition) is 3. The van der Waals surface area contributed by atoms with Gasteiger partial charge in [-0.05, 0) is 31.8 Å². The van der Waals surface area contributed by atoms with Crippen molar-refractivity contribution in [2.45, 2.75) is 12.5 Å². The number of carbonyl (C=O) groups is 1. The molecule has 1 aromatic rings. The molecule has 0 heterocycles. The standard InChI is InChI=1S/C12H15F2NO2/c1-15(2)11(7-12(16)17-3)8-4-5-9(13)10(14)6-8/h4-6,11H,7H2,1-3H3. The number of carbonyl (C=O) groups excluding carboxylic acids is 1. The van der Waals surface area contributed by atoms with E-state index in [1.165, 1.54) is 13.2 Å². The minimum absolute atomic E-state index is 0.0918. The molecule has 0 aromatic heterocycles. The van der Waals surface area contributed by atoms with Gasteiger partial charge in [-0.15, -0.1) is 0 Å². The van der Waals surface area contributed by atoms with Crippen LogP contribution in [-0.4, -0.2) is 32.1 Å². The van der Waals surface area contributed by atoms with Gasteiger partial charge in [0, 0.05) is 6.04 Å². The summed E-state index contributed by atoms with van der Waals surface area (Å²) in [5.41, 5.74) is 0.541. The van der Waals surface area contributed by atoms with E-state index in [0.717, 1.165) is 12.1 Å². The molecular weight excluding hydrogens is 228 g/mol. The summed E-state index contributed by atoms with van der Waals surface area (Å²) in [4.78, 5) is 13.0. The number of hydrogen-bond donors (Lipinski definition) is 0. The monoisotopic (exact) mass is 243 g/mol. The SMILES string of the molecule is COC(=O)CC(c1ccc(F)c(F)c1)N(C)C. The van der Waals surface area contributed by atoms with Crippen molar-refractivity contribution in [2.75, 3.05) is 21.2 Å². The third kappa shape index (κ3) is 3.49. The fraction of sp³-hybridized carbons (Fsp3) is 0.417. The zero-order valence-corrected chi connectivity index (χ0v) is 10.0. The predicted octanol–water partition coefficient (Wildman–Crippen LogP) is 2.13. The normalized spacial score (nSPS) is 12.6. The Bertz CT molecular complexity index is 407. The average molecular weight is 243 g/mol. The van der Waals surface area contributed by atoms with Crippen LogP contribution in [0.2, 0.25) is 0 Å². The van der Waals surface area contributed by atoms with Gasteiger partial charge in [0.2, 0.25) is 0 Å². The van der Waals surface area contributed by atoms with Crippen LogP contribution in [-0.2, 0) is 9.53 Å². The number of rotatable bonds is 4. The van der Waals surface area contributed by atoms with Crippen LogP contribution in [0.5, 0.6) is 0 Å². The third-order valence-corrected chi connectivity index (χ3v) is 2.54. The van der Waals surface area contributed by atoms with Gasteiger partial charge in [-0.3, -0.25) is 4.79 Å². The first-order valence-electron chi connectivity index (χ1n) is 5.14. The number of ether oxygens (including phenoxy) is 1. The fourth-order valence-corrected chi connectivity index (χ4v) is 1.56. The van der Waals surface area contributed by atoms with Crippen LogP contribution in [0, 0.1) is 11.6 Å². The molecule has 0 amide bonds. The van der Waals surface area contributed by atoms with E-state index in [-0.39, 0.29) is 12.5 Å². The molecule has 0 saturated carbocycles. The molecular formula is C12H15F2NO2. The Morgan fingerprint density at radius 2 is 2.00 bits per heavy atom. The number of methoxy groups -OCH3 is 1. The maximum Gasteiger partial charge on any atom is 0.307 e. The highest BCUT2D eigenvalue weighted by molar-refractivity contribution is 5.70. The number of nitrogens with zero attached hydrogens (tertiary/aromatic N) is 1. The van der Waals surface area contributed by atoms with Gasteiger partial charge in [-0.1, -0.05) is 6.07 Å². The highest BCUT2D eigenvalue weighted by Gasteiger charge is 2.19. The maximum atomic E-state index is 13.1. The van der Waals surface area contributed by atoms with Crippen LogP contribution in [0.3, 0.4) is 0 Å². The molecule has 5 heteroatoms. The van der Waals surface area contributed by atoms with Crippen molar-refractivity contribution in [1.82, 2.24) is 4.90 Å². The molecule has 3 nitrogen and oxygen atoms in total. The second-order valence-corrected chi connectivity index (χ2v) is 3.93. The summed E-state index contributed by atoms with van der Waals surface area (Å²) in [6, 6.07) is 3.28. The quantitative estimate of drug-likeness (QED) is 0.759. The Kier molecular flexibility index (Phi) is 4.57. The molecule has 1 rings (SSSR count). The Labute approximate surface area is 99.0 Å². The van der Waals surface area contributed by atoms with E-state index in [1.54, 1.807) is 19.0 Å². The highest BCUT2D eigenvalue weighted by Crippen LogP contribution is 2.23. The Morgan fingerprint density at radius 1 is 1.35 bits per heavy atom. The van der Waals surface area contributed by atoms with Crippen LogP contribution in [0.15, 0.2) is 18.2 Å². The van der Waals surface area contributed by atoms with Gasteiger partial charge in [-0.2, -0.15) is 0 Å². The summed E-state index contributed by atoms with van der Waals surface area (Å²) >= 11 is 0. The smallest absolute Gasteiger partial charge is 0.307 e. The molecule has 1 unspecified atom stereocenters. The van der Waals surface area contributed by atoms with Gasteiger partial charge in [0.05, 0.1) is 13.5 Å². The first-order valence-corrected chi connectivity index (χ1v) is 5.14. The van der Waals surface area contributed by atoms with Crippen molar-refractivity contribution in [3.8, 4) is 0 Å². The summed E-state index contributed by atoms with van der Waals surface area (Å²) < 4.78 is 30.5.